The number of fused-ring (bicyclic) bond motifs is 1. The van der Waals surface area contributed by atoms with Crippen molar-refractivity contribution in [2.45, 2.75) is 30.1 Å². The number of nitrogens with one attached hydrogen (secondary N) is 1. The van der Waals surface area contributed by atoms with Gasteiger partial charge in [0.15, 0.2) is 11.7 Å². The fourth-order valence-corrected chi connectivity index (χ4v) is 5.92. The molecule has 2 fully saturated rings. The number of halogens is 2. The first-order chi connectivity index (χ1) is 18.3. The number of rotatable bonds is 6. The number of hydrogen-bond donors (Lipinski definition) is 2. The van der Waals surface area contributed by atoms with Crippen LogP contribution in [0.5, 0.6) is 0 Å². The lowest BCUT2D eigenvalue weighted by Crippen LogP contribution is -2.50. The summed E-state index contributed by atoms with van der Waals surface area (Å²) >= 11 is 6.76. The molecule has 204 valence electrons. The Hall–Kier alpha value is -2.93. The van der Waals surface area contributed by atoms with Crippen molar-refractivity contribution < 1.29 is 28.6 Å². The predicted octanol–water partition coefficient (Wildman–Crippen LogP) is 2.68. The van der Waals surface area contributed by atoms with Crippen LogP contribution >= 0.6 is 23.4 Å². The lowest BCUT2D eigenvalue weighted by Gasteiger charge is -2.38. The minimum atomic E-state index is -0.815. The van der Waals surface area contributed by atoms with Crippen LogP contribution in [0.1, 0.15) is 19.2 Å². The number of carboxylic acids is 1. The van der Waals surface area contributed by atoms with Crippen LogP contribution in [0.4, 0.5) is 4.39 Å². The first-order valence-corrected chi connectivity index (χ1v) is 13.4. The first-order valence-electron chi connectivity index (χ1n) is 12.1. The van der Waals surface area contributed by atoms with E-state index < -0.39 is 17.2 Å². The molecule has 2 aromatic rings. The van der Waals surface area contributed by atoms with Crippen molar-refractivity contribution in [1.29, 1.82) is 0 Å². The molecule has 4 heterocycles. The molecule has 2 saturated heterocycles. The fourth-order valence-electron chi connectivity index (χ4n) is 4.35. The summed E-state index contributed by atoms with van der Waals surface area (Å²) in [5.74, 6) is -0.226. The number of thioether (sulfide) groups is 1. The quantitative estimate of drug-likeness (QED) is 0.510. The number of imidazole rings is 1. The van der Waals surface area contributed by atoms with Crippen LogP contribution in [0, 0.1) is 5.82 Å². The van der Waals surface area contributed by atoms with E-state index in [1.165, 1.54) is 23.9 Å². The van der Waals surface area contributed by atoms with E-state index >= 15 is 0 Å². The summed E-state index contributed by atoms with van der Waals surface area (Å²) < 4.78 is 25.0. The van der Waals surface area contributed by atoms with Gasteiger partial charge >= 0.3 is 11.9 Å². The summed E-state index contributed by atoms with van der Waals surface area (Å²) in [7, 11) is 1.88. The lowest BCUT2D eigenvalue weighted by atomic mass is 10.1. The number of amidine groups is 1. The summed E-state index contributed by atoms with van der Waals surface area (Å²) in [5, 5.41) is 12.6. The van der Waals surface area contributed by atoms with Gasteiger partial charge in [-0.05, 0) is 31.5 Å². The second-order valence-electron chi connectivity index (χ2n) is 8.74. The minimum Gasteiger partial charge on any atom is -0.480 e. The van der Waals surface area contributed by atoms with Gasteiger partial charge in [-0.15, -0.1) is 11.8 Å². The van der Waals surface area contributed by atoms with Crippen molar-refractivity contribution in [1.82, 2.24) is 19.8 Å². The summed E-state index contributed by atoms with van der Waals surface area (Å²) in [4.78, 5) is 35.0. The molecular formula is C25H29ClFN5O5S. The highest BCUT2D eigenvalue weighted by Gasteiger charge is 2.45. The van der Waals surface area contributed by atoms with Gasteiger partial charge in [-0.1, -0.05) is 17.7 Å². The van der Waals surface area contributed by atoms with E-state index in [0.29, 0.717) is 54.1 Å². The van der Waals surface area contributed by atoms with Gasteiger partial charge in [0.2, 0.25) is 0 Å². The van der Waals surface area contributed by atoms with Crippen LogP contribution in [-0.2, 0) is 26.1 Å². The highest BCUT2D eigenvalue weighted by Crippen LogP contribution is 2.40. The molecule has 3 atom stereocenters. The van der Waals surface area contributed by atoms with Gasteiger partial charge in [-0.2, -0.15) is 0 Å². The first kappa shape index (κ1) is 28.1. The number of aromatic nitrogens is 2. The van der Waals surface area contributed by atoms with Gasteiger partial charge in [-0.25, -0.2) is 14.2 Å². The number of aryl methyl sites for hydroxylation is 1. The number of esters is 1. The zero-order valence-corrected chi connectivity index (χ0v) is 22.5. The summed E-state index contributed by atoms with van der Waals surface area (Å²) in [6.45, 7) is 3.88. The topological polar surface area (TPSA) is 118 Å². The van der Waals surface area contributed by atoms with Crippen molar-refractivity contribution in [2.75, 3.05) is 32.8 Å². The lowest BCUT2D eigenvalue weighted by molar-refractivity contribution is -0.138. The molecule has 0 spiro atoms. The van der Waals surface area contributed by atoms with E-state index in [2.05, 4.69) is 20.2 Å². The highest BCUT2D eigenvalue weighted by molar-refractivity contribution is 8.01. The van der Waals surface area contributed by atoms with E-state index in [-0.39, 0.29) is 30.4 Å². The molecule has 3 aliphatic rings. The zero-order chi connectivity index (χ0) is 27.2. The Labute approximate surface area is 228 Å². The Bertz CT molecular complexity index is 1220. The van der Waals surface area contributed by atoms with Gasteiger partial charge in [0.25, 0.3) is 0 Å². The number of carbonyl (C=O) groups excluding carboxylic acids is 1. The molecule has 0 bridgehead atoms. The summed E-state index contributed by atoms with van der Waals surface area (Å²) in [5.41, 5.74) is 1.02. The normalized spacial score (nSPS) is 23.1. The van der Waals surface area contributed by atoms with Gasteiger partial charge in [0.1, 0.15) is 16.5 Å². The second kappa shape index (κ2) is 12.7. The molecule has 2 N–H and O–H groups in total. The number of morpholine rings is 1. The van der Waals surface area contributed by atoms with Crippen molar-refractivity contribution in [3.8, 4) is 0 Å². The molecule has 0 amide bonds. The van der Waals surface area contributed by atoms with E-state index in [1.54, 1.807) is 25.3 Å². The molecular weight excluding hydrogens is 537 g/mol. The monoisotopic (exact) mass is 565 g/mol. The van der Waals surface area contributed by atoms with Crippen molar-refractivity contribution in [3.63, 3.8) is 0 Å². The van der Waals surface area contributed by atoms with Gasteiger partial charge in [-0.3, -0.25) is 14.7 Å². The maximum absolute atomic E-state index is 12.5. The van der Waals surface area contributed by atoms with E-state index in [0.717, 1.165) is 0 Å². The molecule has 3 aliphatic heterocycles. The average molecular weight is 566 g/mol. The average Bonchev–Trinajstić information content (AvgIpc) is 3.51. The fraction of sp³-hybridized carbons (Fsp3) is 0.440. The summed E-state index contributed by atoms with van der Waals surface area (Å²) in [6.07, 6.45) is 4.03. The third-order valence-electron chi connectivity index (χ3n) is 6.20. The van der Waals surface area contributed by atoms with E-state index in [4.69, 9.17) is 21.1 Å². The Morgan fingerprint density at radius 3 is 2.84 bits per heavy atom. The van der Waals surface area contributed by atoms with Gasteiger partial charge in [0.05, 0.1) is 25.3 Å². The number of benzene rings is 1. The molecule has 1 aromatic carbocycles. The standard InChI is InChI=1S/C19H25N5O5S.C6H4ClF/c1-3-28-18(27)11-9-21-15(16-20-4-5-23(16)2)22-12(11)10-24-6-7-29-19-13(24)8-14(30-19)17(25)26;7-5-2-1-3-6(8)4-5/h4-5,13-14,19H,3,6-10H2,1-2H3,(H,21,22)(H,25,26);1-4H/t13?,14?,19-;/m1./s1. The molecule has 2 unspecified atom stereocenters. The highest BCUT2D eigenvalue weighted by atomic mass is 35.5. The number of hydrogen-bond acceptors (Lipinski definition) is 9. The number of carboxylic acid groups (broad SMARTS) is 1. The number of nitrogens with zero attached hydrogens (tertiary/aromatic N) is 4. The third-order valence-corrected chi connectivity index (χ3v) is 7.88. The van der Waals surface area contributed by atoms with Crippen molar-refractivity contribution in [2.24, 2.45) is 12.0 Å². The van der Waals surface area contributed by atoms with Crippen molar-refractivity contribution in [3.05, 3.63) is 64.6 Å². The van der Waals surface area contributed by atoms with E-state index in [1.807, 2.05) is 17.8 Å². The Kier molecular flexibility index (Phi) is 9.42. The van der Waals surface area contributed by atoms with Crippen LogP contribution in [0.2, 0.25) is 5.02 Å². The number of aliphatic carboxylic acids is 1. The Morgan fingerprint density at radius 2 is 2.21 bits per heavy atom. The second-order valence-corrected chi connectivity index (χ2v) is 10.5. The SMILES string of the molecule is CCOC(=O)C1=C(CN2CCO[C@@H]3SC(C(=O)O)CC32)NC(c2nccn2C)=NC1.Fc1cccc(Cl)c1. The minimum absolute atomic E-state index is 0.0296. The third kappa shape index (κ3) is 6.73. The maximum atomic E-state index is 12.5. The number of aliphatic imine (C=N–C) groups is 1. The van der Waals surface area contributed by atoms with Gasteiger partial charge < -0.3 is 24.5 Å². The molecule has 10 nitrogen and oxygen atoms in total. The van der Waals surface area contributed by atoms with E-state index in [9.17, 15) is 19.1 Å². The van der Waals surface area contributed by atoms with Crippen LogP contribution in [0.3, 0.4) is 0 Å². The zero-order valence-electron chi connectivity index (χ0n) is 21.0. The number of ether oxygens (including phenoxy) is 2. The number of carbonyl (C=O) groups is 2. The molecule has 0 saturated carbocycles. The molecule has 0 aliphatic carbocycles. The van der Waals surface area contributed by atoms with Crippen molar-refractivity contribution >= 4 is 41.1 Å². The molecule has 13 heteroatoms. The largest absolute Gasteiger partial charge is 0.480 e. The van der Waals surface area contributed by atoms with Crippen LogP contribution < -0.4 is 5.32 Å². The van der Waals surface area contributed by atoms with Crippen LogP contribution in [-0.4, -0.2) is 86.9 Å². The summed E-state index contributed by atoms with van der Waals surface area (Å²) in [6, 6.07) is 5.79. The molecule has 0 radical (unpaired) electrons. The molecule has 38 heavy (non-hydrogen) atoms. The molecule has 1 aromatic heterocycles. The smallest absolute Gasteiger partial charge is 0.337 e. The van der Waals surface area contributed by atoms with Crippen LogP contribution in [0.25, 0.3) is 0 Å². The van der Waals surface area contributed by atoms with Gasteiger partial charge in [0, 0.05) is 49.3 Å². The Morgan fingerprint density at radius 1 is 1.39 bits per heavy atom. The molecule has 5 rings (SSSR count). The Balaban J connectivity index is 0.000000360. The maximum Gasteiger partial charge on any atom is 0.337 e. The predicted molar refractivity (Wildman–Crippen MR) is 142 cm³/mol. The van der Waals surface area contributed by atoms with Crippen LogP contribution in [0.15, 0.2) is 52.9 Å².